The van der Waals surface area contributed by atoms with E-state index in [0.717, 1.165) is 29.6 Å². The minimum Gasteiger partial charge on any atom is -0.478 e. The van der Waals surface area contributed by atoms with E-state index < -0.39 is 21.3 Å². The molecule has 0 heterocycles. The third kappa shape index (κ3) is 7.67. The second kappa shape index (κ2) is 10.4. The third-order valence-corrected chi connectivity index (χ3v) is 6.25. The zero-order valence-electron chi connectivity index (χ0n) is 16.4. The van der Waals surface area contributed by atoms with Gasteiger partial charge in [-0.15, -0.1) is 0 Å². The molecule has 0 aliphatic carbocycles. The SMILES string of the molecule is CC(C)(C)CCCCOC(O[Si](c1ccccc1)c1ccccc1)C(=O)O. The van der Waals surface area contributed by atoms with Crippen molar-refractivity contribution in [3.8, 4) is 0 Å². The van der Waals surface area contributed by atoms with Gasteiger partial charge in [0.2, 0.25) is 6.29 Å². The van der Waals surface area contributed by atoms with Gasteiger partial charge in [-0.05, 0) is 28.6 Å². The number of unbranched alkanes of at least 4 members (excludes halogenated alkanes) is 1. The largest absolute Gasteiger partial charge is 0.478 e. The van der Waals surface area contributed by atoms with E-state index >= 15 is 0 Å². The van der Waals surface area contributed by atoms with Gasteiger partial charge in [-0.3, -0.25) is 0 Å². The van der Waals surface area contributed by atoms with Gasteiger partial charge < -0.3 is 14.3 Å². The van der Waals surface area contributed by atoms with Crippen molar-refractivity contribution >= 4 is 25.4 Å². The lowest BCUT2D eigenvalue weighted by atomic mass is 9.90. The summed E-state index contributed by atoms with van der Waals surface area (Å²) in [4.78, 5) is 11.7. The average molecular weight is 386 g/mol. The Hall–Kier alpha value is -1.95. The number of benzene rings is 2. The molecule has 0 saturated heterocycles. The van der Waals surface area contributed by atoms with E-state index in [1.165, 1.54) is 0 Å². The zero-order chi connectivity index (χ0) is 19.7. The second-order valence-electron chi connectivity index (χ2n) is 7.74. The molecule has 2 rings (SSSR count). The van der Waals surface area contributed by atoms with Crippen LogP contribution in [0.5, 0.6) is 0 Å². The fourth-order valence-corrected chi connectivity index (χ4v) is 4.67. The van der Waals surface area contributed by atoms with E-state index in [1.807, 2.05) is 60.7 Å². The molecule has 0 bridgehead atoms. The summed E-state index contributed by atoms with van der Waals surface area (Å²) in [6.07, 6.45) is 1.65. The summed E-state index contributed by atoms with van der Waals surface area (Å²) in [5.41, 5.74) is 0.277. The zero-order valence-corrected chi connectivity index (χ0v) is 17.4. The van der Waals surface area contributed by atoms with Crippen molar-refractivity contribution in [1.82, 2.24) is 0 Å². The van der Waals surface area contributed by atoms with Gasteiger partial charge in [-0.1, -0.05) is 87.9 Å². The summed E-state index contributed by atoms with van der Waals surface area (Å²) in [5, 5.41) is 11.6. The maximum absolute atomic E-state index is 11.7. The van der Waals surface area contributed by atoms with Crippen LogP contribution in [0.2, 0.25) is 0 Å². The molecule has 0 fully saturated rings. The third-order valence-electron chi connectivity index (χ3n) is 4.09. The van der Waals surface area contributed by atoms with Crippen molar-refractivity contribution < 1.29 is 19.1 Å². The maximum atomic E-state index is 11.7. The summed E-state index contributed by atoms with van der Waals surface area (Å²) >= 11 is 0. The van der Waals surface area contributed by atoms with Gasteiger partial charge in [0, 0.05) is 0 Å². The van der Waals surface area contributed by atoms with Crippen LogP contribution in [0.1, 0.15) is 40.0 Å². The van der Waals surface area contributed by atoms with Gasteiger partial charge in [0.1, 0.15) is 0 Å². The van der Waals surface area contributed by atoms with Crippen molar-refractivity contribution in [1.29, 1.82) is 0 Å². The number of hydrogen-bond donors (Lipinski definition) is 1. The number of hydrogen-bond acceptors (Lipinski definition) is 3. The maximum Gasteiger partial charge on any atom is 0.360 e. The summed E-state index contributed by atoms with van der Waals surface area (Å²) in [6, 6.07) is 19.5. The van der Waals surface area contributed by atoms with Gasteiger partial charge >= 0.3 is 5.97 Å². The molecule has 27 heavy (non-hydrogen) atoms. The molecule has 1 atom stereocenters. The van der Waals surface area contributed by atoms with Crippen LogP contribution in [0.15, 0.2) is 60.7 Å². The van der Waals surface area contributed by atoms with Crippen LogP contribution < -0.4 is 10.4 Å². The van der Waals surface area contributed by atoms with Gasteiger partial charge in [0.05, 0.1) is 6.61 Å². The van der Waals surface area contributed by atoms with Crippen molar-refractivity contribution in [2.24, 2.45) is 5.41 Å². The smallest absolute Gasteiger partial charge is 0.360 e. The van der Waals surface area contributed by atoms with Crippen LogP contribution in [0.3, 0.4) is 0 Å². The number of carboxylic acids is 1. The van der Waals surface area contributed by atoms with Gasteiger partial charge in [-0.2, -0.15) is 0 Å². The Balaban J connectivity index is 2.03. The molecular weight excluding hydrogens is 356 g/mol. The molecule has 4 nitrogen and oxygen atoms in total. The highest BCUT2D eigenvalue weighted by atomic mass is 28.3. The molecule has 1 radical (unpaired) electrons. The Labute approximate surface area is 163 Å². The van der Waals surface area contributed by atoms with Crippen molar-refractivity contribution in [2.45, 2.75) is 46.3 Å². The normalized spacial score (nSPS) is 12.9. The van der Waals surface area contributed by atoms with E-state index in [1.54, 1.807) is 0 Å². The van der Waals surface area contributed by atoms with Crippen molar-refractivity contribution in [3.63, 3.8) is 0 Å². The Bertz CT molecular complexity index is 643. The first-order valence-electron chi connectivity index (χ1n) is 9.36. The summed E-state index contributed by atoms with van der Waals surface area (Å²) in [7, 11) is -1.71. The standard InChI is InChI=1S/C22H29O4Si/c1-22(2,3)16-10-11-17-25-21(20(23)24)26-27(18-12-6-4-7-13-18)19-14-8-5-9-15-19/h4-9,12-15,21H,10-11,16-17H2,1-3H3,(H,23,24). The predicted molar refractivity (Wildman–Crippen MR) is 110 cm³/mol. The topological polar surface area (TPSA) is 55.8 Å². The fraction of sp³-hybridized carbons (Fsp3) is 0.409. The lowest BCUT2D eigenvalue weighted by Gasteiger charge is -2.22. The van der Waals surface area contributed by atoms with E-state index in [2.05, 4.69) is 20.8 Å². The second-order valence-corrected chi connectivity index (χ2v) is 9.79. The average Bonchev–Trinajstić information content (AvgIpc) is 2.64. The van der Waals surface area contributed by atoms with Crippen LogP contribution in [0.4, 0.5) is 0 Å². The Morgan fingerprint density at radius 2 is 1.48 bits per heavy atom. The van der Waals surface area contributed by atoms with Crippen LogP contribution in [0, 0.1) is 5.41 Å². The summed E-state index contributed by atoms with van der Waals surface area (Å²) < 4.78 is 11.6. The summed E-state index contributed by atoms with van der Waals surface area (Å²) in [5.74, 6) is -1.08. The minimum atomic E-state index is -1.71. The van der Waals surface area contributed by atoms with Gasteiger partial charge in [-0.25, -0.2) is 4.79 Å². The quantitative estimate of drug-likeness (QED) is 0.387. The molecule has 5 heteroatoms. The molecule has 1 unspecified atom stereocenters. The fourth-order valence-electron chi connectivity index (χ4n) is 2.69. The molecule has 0 saturated carbocycles. The van der Waals surface area contributed by atoms with Crippen LogP contribution in [0.25, 0.3) is 0 Å². The molecule has 0 aliphatic heterocycles. The van der Waals surface area contributed by atoms with Gasteiger partial charge in [0.25, 0.3) is 9.04 Å². The van der Waals surface area contributed by atoms with Gasteiger partial charge in [0.15, 0.2) is 0 Å². The highest BCUT2D eigenvalue weighted by molar-refractivity contribution is 6.80. The van der Waals surface area contributed by atoms with Crippen molar-refractivity contribution in [3.05, 3.63) is 60.7 Å². The molecule has 0 aromatic heterocycles. The van der Waals surface area contributed by atoms with Crippen LogP contribution in [-0.2, 0) is 14.0 Å². The van der Waals surface area contributed by atoms with E-state index in [-0.39, 0.29) is 5.41 Å². The lowest BCUT2D eigenvalue weighted by Crippen LogP contribution is -2.49. The highest BCUT2D eigenvalue weighted by Gasteiger charge is 2.28. The Kier molecular flexibility index (Phi) is 8.22. The first kappa shape index (κ1) is 21.3. The number of ether oxygens (including phenoxy) is 1. The Morgan fingerprint density at radius 1 is 0.963 bits per heavy atom. The molecule has 2 aromatic carbocycles. The molecule has 0 amide bonds. The molecule has 0 aliphatic rings. The number of carboxylic acid groups (broad SMARTS) is 1. The molecule has 1 N–H and O–H groups in total. The van der Waals surface area contributed by atoms with Crippen LogP contribution >= 0.6 is 0 Å². The molecule has 0 spiro atoms. The Morgan fingerprint density at radius 3 is 1.93 bits per heavy atom. The van der Waals surface area contributed by atoms with Crippen molar-refractivity contribution in [2.75, 3.05) is 6.61 Å². The van der Waals surface area contributed by atoms with E-state index in [9.17, 15) is 9.90 Å². The first-order chi connectivity index (χ1) is 12.9. The monoisotopic (exact) mass is 385 g/mol. The molecule has 145 valence electrons. The van der Waals surface area contributed by atoms with E-state index in [4.69, 9.17) is 9.16 Å². The lowest BCUT2D eigenvalue weighted by molar-refractivity contribution is -0.171. The number of aliphatic carboxylic acids is 1. The number of rotatable bonds is 10. The minimum absolute atomic E-state index is 0.277. The van der Waals surface area contributed by atoms with E-state index in [0.29, 0.717) is 6.61 Å². The van der Waals surface area contributed by atoms with Crippen LogP contribution in [-0.4, -0.2) is 33.0 Å². The molecular formula is C22H29O4Si. The predicted octanol–water partition coefficient (Wildman–Crippen LogP) is 3.45. The number of carbonyl (C=O) groups is 1. The first-order valence-corrected chi connectivity index (χ1v) is 10.8. The molecule has 2 aromatic rings. The summed E-state index contributed by atoms with van der Waals surface area (Å²) in [6.45, 7) is 6.98. The highest BCUT2D eigenvalue weighted by Crippen LogP contribution is 2.21.